The summed E-state index contributed by atoms with van der Waals surface area (Å²) in [5, 5.41) is 10.0. The van der Waals surface area contributed by atoms with Gasteiger partial charge in [0.05, 0.1) is 11.3 Å². The first kappa shape index (κ1) is 26.7. The Morgan fingerprint density at radius 3 is 2.50 bits per heavy atom. The number of carbonyl (C=O) groups excluding carboxylic acids is 1. The highest BCUT2D eigenvalue weighted by molar-refractivity contribution is 6.29. The van der Waals surface area contributed by atoms with Gasteiger partial charge in [-0.1, -0.05) is 29.8 Å². The standard InChI is InChI=1S/C29H35ClN8O2/c30-27-18-26(28(31)34-33-27)36-19-24-8-9-25(20-36)38(24)23-10-11-32-22(17-23)7-4-12-35-13-15-37(16-14-35)40-29(39)21-5-2-1-3-6-21/h1-3,5-6,10-11,17-18,24-25H,4,7-9,12-16,19-20H2,(H2,31,34). The van der Waals surface area contributed by atoms with Gasteiger partial charge in [0.25, 0.3) is 0 Å². The minimum Gasteiger partial charge on any atom is -0.380 e. The molecule has 210 valence electrons. The van der Waals surface area contributed by atoms with Crippen LogP contribution in [0.2, 0.25) is 5.15 Å². The monoisotopic (exact) mass is 562 g/mol. The fraction of sp³-hybridized carbons (Fsp3) is 0.448. The molecule has 3 fully saturated rings. The largest absolute Gasteiger partial charge is 0.380 e. The van der Waals surface area contributed by atoms with Gasteiger partial charge in [-0.3, -0.25) is 4.98 Å². The number of piperazine rings is 2. The number of hydrogen-bond donors (Lipinski definition) is 1. The fourth-order valence-corrected chi connectivity index (χ4v) is 6.32. The number of pyridine rings is 1. The zero-order valence-electron chi connectivity index (χ0n) is 22.5. The minimum absolute atomic E-state index is 0.294. The highest BCUT2D eigenvalue weighted by atomic mass is 35.5. The smallest absolute Gasteiger partial charge is 0.357 e. The van der Waals surface area contributed by atoms with Crippen molar-refractivity contribution in [1.29, 1.82) is 0 Å². The third-order valence-corrected chi connectivity index (χ3v) is 8.34. The molecule has 2 atom stereocenters. The number of nitrogens with zero attached hydrogens (tertiary/aromatic N) is 7. The lowest BCUT2D eigenvalue weighted by molar-refractivity contribution is -0.130. The van der Waals surface area contributed by atoms with Gasteiger partial charge in [0, 0.05) is 75.0 Å². The van der Waals surface area contributed by atoms with Crippen LogP contribution in [0.5, 0.6) is 0 Å². The zero-order chi connectivity index (χ0) is 27.5. The Balaban J connectivity index is 0.982. The number of benzene rings is 1. The molecule has 3 saturated heterocycles. The Hall–Kier alpha value is -3.47. The third-order valence-electron chi connectivity index (χ3n) is 8.15. The van der Waals surface area contributed by atoms with Crippen LogP contribution in [0.3, 0.4) is 0 Å². The van der Waals surface area contributed by atoms with Crippen molar-refractivity contribution in [2.45, 2.75) is 37.8 Å². The molecule has 0 amide bonds. The van der Waals surface area contributed by atoms with Crippen LogP contribution in [0.15, 0.2) is 54.7 Å². The van der Waals surface area contributed by atoms with E-state index in [0.29, 0.717) is 41.7 Å². The van der Waals surface area contributed by atoms with Gasteiger partial charge in [0.1, 0.15) is 0 Å². The van der Waals surface area contributed by atoms with Crippen LogP contribution >= 0.6 is 11.6 Å². The van der Waals surface area contributed by atoms with E-state index in [0.717, 1.165) is 69.8 Å². The lowest BCUT2D eigenvalue weighted by Gasteiger charge is -2.43. The summed E-state index contributed by atoms with van der Waals surface area (Å²) in [7, 11) is 0. The van der Waals surface area contributed by atoms with E-state index >= 15 is 0 Å². The SMILES string of the molecule is Nc1nnc(Cl)cc1N1CC2CCC(C1)N2c1ccnc(CCCN2CCN(OC(=O)c3ccccc3)CC2)c1. The van der Waals surface area contributed by atoms with Crippen molar-refractivity contribution < 1.29 is 9.63 Å². The molecule has 2 N–H and O–H groups in total. The number of aromatic nitrogens is 3. The number of aryl methyl sites for hydroxylation is 1. The molecule has 0 spiro atoms. The van der Waals surface area contributed by atoms with E-state index in [1.54, 1.807) is 17.2 Å². The van der Waals surface area contributed by atoms with E-state index in [1.807, 2.05) is 30.5 Å². The minimum atomic E-state index is -0.294. The molecule has 10 nitrogen and oxygen atoms in total. The first-order chi connectivity index (χ1) is 19.5. The van der Waals surface area contributed by atoms with E-state index in [1.165, 1.54) is 5.69 Å². The third kappa shape index (κ3) is 5.99. The second-order valence-electron chi connectivity index (χ2n) is 10.8. The molecule has 2 bridgehead atoms. The highest BCUT2D eigenvalue weighted by Crippen LogP contribution is 2.38. The zero-order valence-corrected chi connectivity index (χ0v) is 23.3. The second kappa shape index (κ2) is 12.0. The maximum absolute atomic E-state index is 12.3. The molecule has 1 aromatic carbocycles. The van der Waals surface area contributed by atoms with Gasteiger partial charge in [-0.25, -0.2) is 4.79 Å². The lowest BCUT2D eigenvalue weighted by Crippen LogP contribution is -2.54. The van der Waals surface area contributed by atoms with Crippen molar-refractivity contribution in [3.05, 3.63) is 71.1 Å². The van der Waals surface area contributed by atoms with E-state index in [9.17, 15) is 4.79 Å². The molecular formula is C29H35ClN8O2. The molecule has 3 aromatic rings. The Morgan fingerprint density at radius 1 is 1.00 bits per heavy atom. The van der Waals surface area contributed by atoms with Crippen molar-refractivity contribution in [1.82, 2.24) is 25.1 Å². The lowest BCUT2D eigenvalue weighted by atomic mass is 10.1. The first-order valence-corrected chi connectivity index (χ1v) is 14.4. The van der Waals surface area contributed by atoms with Gasteiger partial charge in [-0.2, -0.15) is 0 Å². The summed E-state index contributed by atoms with van der Waals surface area (Å²) in [4.78, 5) is 29.9. The summed E-state index contributed by atoms with van der Waals surface area (Å²) >= 11 is 6.11. The van der Waals surface area contributed by atoms with Gasteiger partial charge >= 0.3 is 5.97 Å². The first-order valence-electron chi connectivity index (χ1n) is 14.0. The number of rotatable bonds is 8. The van der Waals surface area contributed by atoms with E-state index in [-0.39, 0.29) is 5.97 Å². The van der Waals surface area contributed by atoms with Gasteiger partial charge < -0.3 is 25.3 Å². The summed E-state index contributed by atoms with van der Waals surface area (Å²) in [6.45, 7) is 5.96. The molecule has 2 aromatic heterocycles. The summed E-state index contributed by atoms with van der Waals surface area (Å²) in [5.41, 5.74) is 9.96. The molecule has 0 radical (unpaired) electrons. The molecule has 0 saturated carbocycles. The van der Waals surface area contributed by atoms with Crippen molar-refractivity contribution in [3.8, 4) is 0 Å². The Labute approximate surface area is 239 Å². The summed E-state index contributed by atoms with van der Waals surface area (Å²) < 4.78 is 0. The number of nitrogens with two attached hydrogens (primary N) is 1. The molecule has 40 heavy (non-hydrogen) atoms. The summed E-state index contributed by atoms with van der Waals surface area (Å²) in [6, 6.07) is 16.2. The topological polar surface area (TPSA) is 104 Å². The molecule has 11 heteroatoms. The van der Waals surface area contributed by atoms with E-state index in [4.69, 9.17) is 22.2 Å². The molecule has 3 aliphatic rings. The number of hydroxylamine groups is 2. The van der Waals surface area contributed by atoms with Gasteiger partial charge in [0.15, 0.2) is 11.0 Å². The van der Waals surface area contributed by atoms with Gasteiger partial charge in [-0.15, -0.1) is 15.3 Å². The van der Waals surface area contributed by atoms with Crippen molar-refractivity contribution in [3.63, 3.8) is 0 Å². The van der Waals surface area contributed by atoms with Crippen LogP contribution in [0.25, 0.3) is 0 Å². The predicted octanol–water partition coefficient (Wildman–Crippen LogP) is 3.29. The van der Waals surface area contributed by atoms with Gasteiger partial charge in [-0.05, 0) is 56.5 Å². The van der Waals surface area contributed by atoms with Crippen LogP contribution in [0.1, 0.15) is 35.3 Å². The summed E-state index contributed by atoms with van der Waals surface area (Å²) in [6.07, 6.45) is 6.22. The normalized spacial score (nSPS) is 21.5. The maximum Gasteiger partial charge on any atom is 0.357 e. The number of hydrogen-bond acceptors (Lipinski definition) is 10. The van der Waals surface area contributed by atoms with E-state index < -0.39 is 0 Å². The predicted molar refractivity (Wildman–Crippen MR) is 155 cm³/mol. The number of nitrogen functional groups attached to an aromatic ring is 1. The van der Waals surface area contributed by atoms with E-state index in [2.05, 4.69) is 42.0 Å². The average molecular weight is 563 g/mol. The van der Waals surface area contributed by atoms with Crippen LogP contribution in [0, 0.1) is 0 Å². The molecule has 0 aliphatic carbocycles. The van der Waals surface area contributed by atoms with Crippen LogP contribution < -0.4 is 15.5 Å². The van der Waals surface area contributed by atoms with Crippen molar-refractivity contribution >= 4 is 34.8 Å². The quantitative estimate of drug-likeness (QED) is 0.440. The molecule has 5 heterocycles. The maximum atomic E-state index is 12.3. The number of halogens is 1. The fourth-order valence-electron chi connectivity index (χ4n) is 6.18. The van der Waals surface area contributed by atoms with Crippen molar-refractivity contribution in [2.24, 2.45) is 0 Å². The molecule has 6 rings (SSSR count). The molecule has 3 aliphatic heterocycles. The Morgan fingerprint density at radius 2 is 1.75 bits per heavy atom. The number of fused-ring (bicyclic) bond motifs is 2. The number of anilines is 3. The molecule has 2 unspecified atom stereocenters. The van der Waals surface area contributed by atoms with Crippen LogP contribution in [-0.4, -0.2) is 89.0 Å². The summed E-state index contributed by atoms with van der Waals surface area (Å²) in [5.74, 6) is 0.135. The average Bonchev–Trinajstić information content (AvgIpc) is 3.25. The number of carbonyl (C=O) groups is 1. The Bertz CT molecular complexity index is 1310. The second-order valence-corrected chi connectivity index (χ2v) is 11.1. The highest BCUT2D eigenvalue weighted by Gasteiger charge is 2.40. The Kier molecular flexibility index (Phi) is 7.99. The van der Waals surface area contributed by atoms with Gasteiger partial charge in [0.2, 0.25) is 0 Å². The van der Waals surface area contributed by atoms with Crippen molar-refractivity contribution in [2.75, 3.05) is 61.3 Å². The molecular weight excluding hydrogens is 528 g/mol. The van der Waals surface area contributed by atoms with Crippen LogP contribution in [-0.2, 0) is 11.3 Å². The van der Waals surface area contributed by atoms with Crippen LogP contribution in [0.4, 0.5) is 17.2 Å².